The fraction of sp³-hybridized carbons (Fsp3) is 0.300. The third-order valence-corrected chi connectivity index (χ3v) is 4.43. The molecule has 1 aliphatic rings. The molecule has 2 aromatic rings. The lowest BCUT2D eigenvalue weighted by atomic mass is 10.0. The molecule has 5 heteroatoms. The number of nitrogens with zero attached hydrogens (tertiary/aromatic N) is 1. The Morgan fingerprint density at radius 2 is 1.88 bits per heavy atom. The van der Waals surface area contributed by atoms with E-state index in [0.717, 1.165) is 23.4 Å². The van der Waals surface area contributed by atoms with E-state index in [1.54, 1.807) is 0 Å². The maximum Gasteiger partial charge on any atom is 0.221 e. The van der Waals surface area contributed by atoms with Gasteiger partial charge < -0.3 is 10.6 Å². The molecule has 0 saturated carbocycles. The molecule has 5 nitrogen and oxygen atoms in total. The molecular weight excluding hydrogens is 314 g/mol. The van der Waals surface area contributed by atoms with E-state index < -0.39 is 0 Å². The van der Waals surface area contributed by atoms with Crippen LogP contribution in [0.25, 0.3) is 0 Å². The molecule has 0 bridgehead atoms. The Bertz CT molecular complexity index is 746. The Morgan fingerprint density at radius 1 is 1.16 bits per heavy atom. The molecule has 0 spiro atoms. The minimum atomic E-state index is -0.0835. The zero-order chi connectivity index (χ0) is 17.6. The number of carbonyl (C=O) groups is 2. The number of hydrogen-bond acceptors (Lipinski definition) is 3. The number of benzene rings is 2. The van der Waals surface area contributed by atoms with E-state index in [2.05, 4.69) is 27.7 Å². The van der Waals surface area contributed by atoms with Gasteiger partial charge in [0.25, 0.3) is 0 Å². The van der Waals surface area contributed by atoms with Crippen molar-refractivity contribution in [3.8, 4) is 0 Å². The Kier molecular flexibility index (Phi) is 5.46. The number of hydrogen-bond donors (Lipinski definition) is 2. The lowest BCUT2D eigenvalue weighted by Gasteiger charge is -2.30. The first-order chi connectivity index (χ1) is 12.1. The van der Waals surface area contributed by atoms with Crippen LogP contribution in [0.4, 0.5) is 5.69 Å². The van der Waals surface area contributed by atoms with Crippen molar-refractivity contribution in [1.82, 2.24) is 10.2 Å². The topological polar surface area (TPSA) is 61.4 Å². The number of anilines is 1. The van der Waals surface area contributed by atoms with Crippen molar-refractivity contribution in [2.45, 2.75) is 25.9 Å². The van der Waals surface area contributed by atoms with Crippen LogP contribution in [0, 0.1) is 0 Å². The lowest BCUT2D eigenvalue weighted by molar-refractivity contribution is -0.121. The lowest BCUT2D eigenvalue weighted by Crippen LogP contribution is -2.31. The van der Waals surface area contributed by atoms with Gasteiger partial charge in [-0.05, 0) is 17.2 Å². The number of amides is 2. The average Bonchev–Trinajstić information content (AvgIpc) is 2.78. The van der Waals surface area contributed by atoms with E-state index in [1.807, 2.05) is 42.5 Å². The van der Waals surface area contributed by atoms with E-state index in [9.17, 15) is 9.59 Å². The van der Waals surface area contributed by atoms with Crippen LogP contribution in [0.2, 0.25) is 0 Å². The van der Waals surface area contributed by atoms with Crippen LogP contribution in [0.1, 0.15) is 30.5 Å². The molecule has 25 heavy (non-hydrogen) atoms. The Labute approximate surface area is 148 Å². The van der Waals surface area contributed by atoms with Crippen molar-refractivity contribution in [3.63, 3.8) is 0 Å². The highest BCUT2D eigenvalue weighted by Gasteiger charge is 2.26. The van der Waals surface area contributed by atoms with Crippen molar-refractivity contribution in [3.05, 3.63) is 65.7 Å². The first-order valence-electron chi connectivity index (χ1n) is 8.54. The summed E-state index contributed by atoms with van der Waals surface area (Å²) in [6.45, 7) is 3.58. The number of rotatable bonds is 4. The van der Waals surface area contributed by atoms with Gasteiger partial charge in [-0.3, -0.25) is 14.5 Å². The van der Waals surface area contributed by atoms with Gasteiger partial charge in [0.1, 0.15) is 0 Å². The molecule has 1 saturated heterocycles. The summed E-state index contributed by atoms with van der Waals surface area (Å²) in [6.07, 6.45) is 0.437. The fourth-order valence-corrected chi connectivity index (χ4v) is 3.25. The van der Waals surface area contributed by atoms with Gasteiger partial charge in [0.05, 0.1) is 0 Å². The van der Waals surface area contributed by atoms with E-state index in [-0.39, 0.29) is 17.9 Å². The first kappa shape index (κ1) is 17.2. The summed E-state index contributed by atoms with van der Waals surface area (Å²) in [6, 6.07) is 18.0. The molecule has 1 fully saturated rings. The van der Waals surface area contributed by atoms with Crippen molar-refractivity contribution in [2.24, 2.45) is 0 Å². The number of para-hydroxylation sites is 1. The Balaban J connectivity index is 1.88. The van der Waals surface area contributed by atoms with E-state index in [1.165, 1.54) is 6.92 Å². The molecule has 0 radical (unpaired) electrons. The van der Waals surface area contributed by atoms with Gasteiger partial charge in [0.15, 0.2) is 0 Å². The van der Waals surface area contributed by atoms with Crippen LogP contribution in [0.5, 0.6) is 0 Å². The van der Waals surface area contributed by atoms with Gasteiger partial charge in [-0.1, -0.05) is 48.5 Å². The highest BCUT2D eigenvalue weighted by atomic mass is 16.2. The molecule has 1 unspecified atom stereocenters. The molecule has 2 amide bonds. The molecule has 0 aromatic heterocycles. The Morgan fingerprint density at radius 3 is 2.64 bits per heavy atom. The van der Waals surface area contributed by atoms with Gasteiger partial charge >= 0.3 is 0 Å². The van der Waals surface area contributed by atoms with E-state index in [0.29, 0.717) is 19.5 Å². The van der Waals surface area contributed by atoms with Gasteiger partial charge in [-0.2, -0.15) is 0 Å². The van der Waals surface area contributed by atoms with Crippen LogP contribution in [-0.4, -0.2) is 29.8 Å². The molecule has 3 rings (SSSR count). The maximum atomic E-state index is 12.1. The van der Waals surface area contributed by atoms with Crippen molar-refractivity contribution in [2.75, 3.05) is 18.4 Å². The van der Waals surface area contributed by atoms with Crippen molar-refractivity contribution >= 4 is 17.5 Å². The second-order valence-electron chi connectivity index (χ2n) is 6.29. The maximum absolute atomic E-state index is 12.1. The Hall–Kier alpha value is -2.66. The van der Waals surface area contributed by atoms with Crippen LogP contribution >= 0.6 is 0 Å². The smallest absolute Gasteiger partial charge is 0.221 e. The molecule has 2 N–H and O–H groups in total. The van der Waals surface area contributed by atoms with Crippen LogP contribution in [0.3, 0.4) is 0 Å². The zero-order valence-electron chi connectivity index (χ0n) is 14.4. The second-order valence-corrected chi connectivity index (χ2v) is 6.29. The summed E-state index contributed by atoms with van der Waals surface area (Å²) >= 11 is 0. The third-order valence-electron chi connectivity index (χ3n) is 4.43. The summed E-state index contributed by atoms with van der Waals surface area (Å²) in [5, 5.41) is 5.85. The molecule has 1 atom stereocenters. The largest absolute Gasteiger partial charge is 0.355 e. The van der Waals surface area contributed by atoms with Crippen LogP contribution in [-0.2, 0) is 16.1 Å². The molecule has 1 aliphatic heterocycles. The van der Waals surface area contributed by atoms with E-state index >= 15 is 0 Å². The minimum absolute atomic E-state index is 0.0223. The highest BCUT2D eigenvalue weighted by molar-refractivity contribution is 5.89. The van der Waals surface area contributed by atoms with Gasteiger partial charge in [0.2, 0.25) is 11.8 Å². The number of carbonyl (C=O) groups excluding carboxylic acids is 2. The molecule has 1 heterocycles. The number of nitrogens with one attached hydrogen (secondary N) is 2. The van der Waals surface area contributed by atoms with Gasteiger partial charge in [-0.25, -0.2) is 0 Å². The minimum Gasteiger partial charge on any atom is -0.355 e. The average molecular weight is 337 g/mol. The highest BCUT2D eigenvalue weighted by Crippen LogP contribution is 2.29. The van der Waals surface area contributed by atoms with E-state index in [4.69, 9.17) is 0 Å². The SMILES string of the molecule is CC(=O)Nc1ccccc1CN1CCNC(=O)CC1c1ccccc1. The predicted molar refractivity (Wildman–Crippen MR) is 98.0 cm³/mol. The zero-order valence-corrected chi connectivity index (χ0v) is 14.4. The molecule has 0 aliphatic carbocycles. The fourth-order valence-electron chi connectivity index (χ4n) is 3.25. The standard InChI is InChI=1S/C20H23N3O2/c1-15(24)22-18-10-6-5-9-17(18)14-23-12-11-21-20(25)13-19(23)16-7-3-2-4-8-16/h2-10,19H,11-14H2,1H3,(H,21,25)(H,22,24). The van der Waals surface area contributed by atoms with Gasteiger partial charge in [0, 0.05) is 44.7 Å². The predicted octanol–water partition coefficient (Wildman–Crippen LogP) is 2.71. The van der Waals surface area contributed by atoms with Crippen LogP contribution < -0.4 is 10.6 Å². The molecule has 130 valence electrons. The molecular formula is C20H23N3O2. The normalized spacial score (nSPS) is 18.3. The van der Waals surface area contributed by atoms with Gasteiger partial charge in [-0.15, -0.1) is 0 Å². The quantitative estimate of drug-likeness (QED) is 0.902. The van der Waals surface area contributed by atoms with Crippen LogP contribution in [0.15, 0.2) is 54.6 Å². The summed E-state index contributed by atoms with van der Waals surface area (Å²) < 4.78 is 0. The third kappa shape index (κ3) is 4.45. The molecule has 2 aromatic carbocycles. The first-order valence-corrected chi connectivity index (χ1v) is 8.54. The monoisotopic (exact) mass is 337 g/mol. The second kappa shape index (κ2) is 7.94. The summed E-state index contributed by atoms with van der Waals surface area (Å²) in [5.74, 6) is -0.00808. The van der Waals surface area contributed by atoms with Crippen molar-refractivity contribution < 1.29 is 9.59 Å². The summed E-state index contributed by atoms with van der Waals surface area (Å²) in [4.78, 5) is 25.8. The van der Waals surface area contributed by atoms with Crippen molar-refractivity contribution in [1.29, 1.82) is 0 Å². The summed E-state index contributed by atoms with van der Waals surface area (Å²) in [5.41, 5.74) is 3.01. The summed E-state index contributed by atoms with van der Waals surface area (Å²) in [7, 11) is 0.